The van der Waals surface area contributed by atoms with Gasteiger partial charge in [-0.2, -0.15) is 0 Å². The number of aromatic carboxylic acids is 1. The van der Waals surface area contributed by atoms with E-state index in [9.17, 15) is 9.90 Å². The maximum absolute atomic E-state index is 11.2. The zero-order valence-electron chi connectivity index (χ0n) is 10.3. The van der Waals surface area contributed by atoms with Gasteiger partial charge in [0.2, 0.25) is 11.7 Å². The van der Waals surface area contributed by atoms with Gasteiger partial charge in [-0.05, 0) is 30.4 Å². The van der Waals surface area contributed by atoms with Crippen molar-refractivity contribution >= 4 is 5.97 Å². The van der Waals surface area contributed by atoms with Gasteiger partial charge in [0.1, 0.15) is 0 Å². The van der Waals surface area contributed by atoms with Crippen LogP contribution in [0.3, 0.4) is 0 Å². The number of nitrogens with zero attached hydrogens (tertiary/aromatic N) is 1. The summed E-state index contributed by atoms with van der Waals surface area (Å²) in [6.07, 6.45) is 2.93. The smallest absolute Gasteiger partial charge is 0.373 e. The Kier molecular flexibility index (Phi) is 2.10. The summed E-state index contributed by atoms with van der Waals surface area (Å²) < 4.78 is 5.53. The molecule has 1 fully saturated rings. The predicted molar refractivity (Wildman–Crippen MR) is 67.4 cm³/mol. The second kappa shape index (κ2) is 3.70. The fraction of sp³-hybridized carbons (Fsp3) is 0.333. The number of benzene rings is 1. The van der Waals surface area contributed by atoms with E-state index in [4.69, 9.17) is 4.42 Å². The Morgan fingerprint density at radius 3 is 2.79 bits per heavy atom. The Labute approximate surface area is 110 Å². The zero-order chi connectivity index (χ0) is 13.0. The van der Waals surface area contributed by atoms with Crippen LogP contribution in [0.5, 0.6) is 0 Å². The summed E-state index contributed by atoms with van der Waals surface area (Å²) in [5.41, 5.74) is 3.16. The van der Waals surface area contributed by atoms with Crippen molar-refractivity contribution in [1.82, 2.24) is 4.98 Å². The van der Waals surface area contributed by atoms with Crippen LogP contribution >= 0.6 is 0 Å². The van der Waals surface area contributed by atoms with Crippen LogP contribution in [0.1, 0.15) is 57.9 Å². The monoisotopic (exact) mass is 255 g/mol. The van der Waals surface area contributed by atoms with Gasteiger partial charge in [0.05, 0.1) is 11.6 Å². The van der Waals surface area contributed by atoms with E-state index in [0.717, 1.165) is 19.3 Å². The fourth-order valence-corrected chi connectivity index (χ4v) is 2.76. The highest BCUT2D eigenvalue weighted by molar-refractivity contribution is 5.86. The highest BCUT2D eigenvalue weighted by atomic mass is 16.4. The van der Waals surface area contributed by atoms with Gasteiger partial charge in [0.25, 0.3) is 0 Å². The van der Waals surface area contributed by atoms with Crippen LogP contribution < -0.4 is 0 Å². The molecule has 0 radical (unpaired) electrons. The third-order valence-corrected chi connectivity index (χ3v) is 3.98. The van der Waals surface area contributed by atoms with Crippen LogP contribution in [-0.4, -0.2) is 16.1 Å². The van der Waals surface area contributed by atoms with E-state index in [1.165, 1.54) is 11.1 Å². The molecule has 0 saturated heterocycles. The standard InChI is InChI=1S/C15H13NO3/c17-15(18)13-12(8-5-6-8)16-14(19-13)11-7-9-3-1-2-4-10(9)11/h1-4,8,11H,5-7H2,(H,17,18). The minimum absolute atomic E-state index is 0.0434. The molecule has 0 spiro atoms. The van der Waals surface area contributed by atoms with Gasteiger partial charge in [-0.1, -0.05) is 24.3 Å². The van der Waals surface area contributed by atoms with Crippen molar-refractivity contribution < 1.29 is 14.3 Å². The molecule has 1 aromatic carbocycles. The molecule has 96 valence electrons. The molecule has 1 unspecified atom stereocenters. The maximum atomic E-state index is 11.2. The van der Waals surface area contributed by atoms with Crippen molar-refractivity contribution in [2.24, 2.45) is 0 Å². The number of carboxylic acids is 1. The molecule has 1 aromatic heterocycles. The van der Waals surface area contributed by atoms with Gasteiger partial charge in [-0.15, -0.1) is 0 Å². The molecule has 0 aliphatic heterocycles. The lowest BCUT2D eigenvalue weighted by Gasteiger charge is -2.27. The zero-order valence-corrected chi connectivity index (χ0v) is 10.3. The first kappa shape index (κ1) is 10.8. The summed E-state index contributed by atoms with van der Waals surface area (Å²) >= 11 is 0. The number of hydrogen-bond donors (Lipinski definition) is 1. The molecule has 1 N–H and O–H groups in total. The molecule has 0 amide bonds. The van der Waals surface area contributed by atoms with Crippen LogP contribution in [0.2, 0.25) is 0 Å². The molecule has 4 heteroatoms. The predicted octanol–water partition coefficient (Wildman–Crippen LogP) is 2.94. The Hall–Kier alpha value is -2.10. The molecule has 4 rings (SSSR count). The highest BCUT2D eigenvalue weighted by Crippen LogP contribution is 2.45. The lowest BCUT2D eigenvalue weighted by Crippen LogP contribution is -2.18. The van der Waals surface area contributed by atoms with E-state index in [2.05, 4.69) is 17.1 Å². The summed E-state index contributed by atoms with van der Waals surface area (Å²) in [6.45, 7) is 0. The summed E-state index contributed by atoms with van der Waals surface area (Å²) in [5.74, 6) is 0.0221. The van der Waals surface area contributed by atoms with Crippen molar-refractivity contribution in [1.29, 1.82) is 0 Å². The molecular weight excluding hydrogens is 242 g/mol. The first-order chi connectivity index (χ1) is 9.24. The average molecular weight is 255 g/mol. The second-order valence-electron chi connectivity index (χ2n) is 5.30. The minimum atomic E-state index is -1.01. The SMILES string of the molecule is O=C(O)c1oc(C2Cc3ccccc32)nc1C1CC1. The van der Waals surface area contributed by atoms with Gasteiger partial charge in [-0.3, -0.25) is 0 Å². The van der Waals surface area contributed by atoms with E-state index in [-0.39, 0.29) is 11.7 Å². The third kappa shape index (κ3) is 1.59. The number of carbonyl (C=O) groups is 1. The number of fused-ring (bicyclic) bond motifs is 1. The third-order valence-electron chi connectivity index (χ3n) is 3.98. The van der Waals surface area contributed by atoms with Crippen molar-refractivity contribution in [2.75, 3.05) is 0 Å². The summed E-state index contributed by atoms with van der Waals surface area (Å²) in [7, 11) is 0. The van der Waals surface area contributed by atoms with E-state index in [1.54, 1.807) is 0 Å². The maximum Gasteiger partial charge on any atom is 0.373 e. The van der Waals surface area contributed by atoms with E-state index < -0.39 is 5.97 Å². The Morgan fingerprint density at radius 1 is 1.32 bits per heavy atom. The van der Waals surface area contributed by atoms with Gasteiger partial charge in [0.15, 0.2) is 0 Å². The Morgan fingerprint density at radius 2 is 2.11 bits per heavy atom. The molecule has 2 aliphatic rings. The summed E-state index contributed by atoms with van der Waals surface area (Å²) in [6, 6.07) is 8.16. The van der Waals surface area contributed by atoms with Crippen LogP contribution in [0.4, 0.5) is 0 Å². The lowest BCUT2D eigenvalue weighted by atomic mass is 9.77. The van der Waals surface area contributed by atoms with Crippen LogP contribution in [0.15, 0.2) is 28.7 Å². The van der Waals surface area contributed by atoms with E-state index in [0.29, 0.717) is 17.5 Å². The number of aromatic nitrogens is 1. The van der Waals surface area contributed by atoms with E-state index >= 15 is 0 Å². The van der Waals surface area contributed by atoms with Gasteiger partial charge in [-0.25, -0.2) is 9.78 Å². The Balaban J connectivity index is 1.74. The molecule has 1 saturated carbocycles. The minimum Gasteiger partial charge on any atom is -0.475 e. The molecular formula is C15H13NO3. The molecule has 1 heterocycles. The van der Waals surface area contributed by atoms with Gasteiger partial charge < -0.3 is 9.52 Å². The van der Waals surface area contributed by atoms with Gasteiger partial charge >= 0.3 is 5.97 Å². The quantitative estimate of drug-likeness (QED) is 0.915. The van der Waals surface area contributed by atoms with Crippen molar-refractivity contribution in [3.63, 3.8) is 0 Å². The molecule has 19 heavy (non-hydrogen) atoms. The first-order valence-electron chi connectivity index (χ1n) is 6.55. The van der Waals surface area contributed by atoms with Crippen LogP contribution in [0, 0.1) is 0 Å². The molecule has 0 bridgehead atoms. The second-order valence-corrected chi connectivity index (χ2v) is 5.30. The van der Waals surface area contributed by atoms with Crippen molar-refractivity contribution in [3.8, 4) is 0 Å². The number of carboxylic acid groups (broad SMARTS) is 1. The normalized spacial score (nSPS) is 20.7. The lowest BCUT2D eigenvalue weighted by molar-refractivity contribution is 0.0658. The van der Waals surface area contributed by atoms with Crippen LogP contribution in [-0.2, 0) is 6.42 Å². The van der Waals surface area contributed by atoms with Crippen LogP contribution in [0.25, 0.3) is 0 Å². The largest absolute Gasteiger partial charge is 0.475 e. The Bertz CT molecular complexity index is 670. The molecule has 2 aromatic rings. The summed E-state index contributed by atoms with van der Waals surface area (Å²) in [5, 5.41) is 9.19. The van der Waals surface area contributed by atoms with Crippen molar-refractivity contribution in [3.05, 3.63) is 52.7 Å². The first-order valence-corrected chi connectivity index (χ1v) is 6.55. The summed E-state index contributed by atoms with van der Waals surface area (Å²) in [4.78, 5) is 15.7. The highest BCUT2D eigenvalue weighted by Gasteiger charge is 2.37. The molecule has 4 nitrogen and oxygen atoms in total. The van der Waals surface area contributed by atoms with Crippen molar-refractivity contribution in [2.45, 2.75) is 31.1 Å². The molecule has 1 atom stereocenters. The fourth-order valence-electron chi connectivity index (χ4n) is 2.76. The topological polar surface area (TPSA) is 63.3 Å². The number of hydrogen-bond acceptors (Lipinski definition) is 3. The number of rotatable bonds is 3. The molecule has 2 aliphatic carbocycles. The van der Waals surface area contributed by atoms with E-state index in [1.807, 2.05) is 12.1 Å². The number of oxazole rings is 1. The van der Waals surface area contributed by atoms with Gasteiger partial charge in [0, 0.05) is 5.92 Å². The average Bonchev–Trinajstić information content (AvgIpc) is 3.11.